The summed E-state index contributed by atoms with van der Waals surface area (Å²) in [6.07, 6.45) is 0.153. The highest BCUT2D eigenvalue weighted by Gasteiger charge is 2.29. The zero-order chi connectivity index (χ0) is 14.5. The van der Waals surface area contributed by atoms with Crippen LogP contribution in [0.5, 0.6) is 0 Å². The van der Waals surface area contributed by atoms with Crippen LogP contribution in [0, 0.1) is 0 Å². The zero-order valence-corrected chi connectivity index (χ0v) is 11.3. The SMILES string of the molecule is CCC1=C(C(=O)O)CN(C(=O)OCc2ccccc2)C1. The third-order valence-electron chi connectivity index (χ3n) is 3.31. The molecule has 1 amide bonds. The third-order valence-corrected chi connectivity index (χ3v) is 3.31. The van der Waals surface area contributed by atoms with E-state index >= 15 is 0 Å². The summed E-state index contributed by atoms with van der Waals surface area (Å²) in [5.74, 6) is -0.958. The average Bonchev–Trinajstić information content (AvgIpc) is 2.90. The second-order valence-electron chi connectivity index (χ2n) is 4.64. The van der Waals surface area contributed by atoms with Crippen molar-refractivity contribution in [3.05, 3.63) is 47.0 Å². The van der Waals surface area contributed by atoms with Crippen LogP contribution in [0.1, 0.15) is 18.9 Å². The smallest absolute Gasteiger partial charge is 0.410 e. The van der Waals surface area contributed by atoms with E-state index < -0.39 is 12.1 Å². The van der Waals surface area contributed by atoms with Crippen LogP contribution in [0.15, 0.2) is 41.5 Å². The normalized spacial score (nSPS) is 14.6. The lowest BCUT2D eigenvalue weighted by Gasteiger charge is -2.16. The summed E-state index contributed by atoms with van der Waals surface area (Å²) in [6.45, 7) is 2.54. The number of carboxylic acid groups (broad SMARTS) is 1. The van der Waals surface area contributed by atoms with Gasteiger partial charge in [0.2, 0.25) is 0 Å². The number of carbonyl (C=O) groups excluding carboxylic acids is 1. The minimum atomic E-state index is -0.958. The molecule has 106 valence electrons. The van der Waals surface area contributed by atoms with Crippen molar-refractivity contribution in [2.75, 3.05) is 13.1 Å². The summed E-state index contributed by atoms with van der Waals surface area (Å²) >= 11 is 0. The Kier molecular flexibility index (Phi) is 4.40. The van der Waals surface area contributed by atoms with Crippen LogP contribution < -0.4 is 0 Å². The molecule has 0 saturated heterocycles. The van der Waals surface area contributed by atoms with Gasteiger partial charge in [-0.25, -0.2) is 9.59 Å². The van der Waals surface area contributed by atoms with Gasteiger partial charge in [-0.2, -0.15) is 0 Å². The Hall–Kier alpha value is -2.30. The topological polar surface area (TPSA) is 66.8 Å². The molecule has 0 fully saturated rings. The maximum absolute atomic E-state index is 11.9. The van der Waals surface area contributed by atoms with Crippen LogP contribution in [0.2, 0.25) is 0 Å². The van der Waals surface area contributed by atoms with E-state index in [1.54, 1.807) is 0 Å². The van der Waals surface area contributed by atoms with Gasteiger partial charge in [0, 0.05) is 6.54 Å². The van der Waals surface area contributed by atoms with Crippen molar-refractivity contribution < 1.29 is 19.4 Å². The first-order valence-electron chi connectivity index (χ1n) is 6.51. The highest BCUT2D eigenvalue weighted by atomic mass is 16.6. The zero-order valence-electron chi connectivity index (χ0n) is 11.3. The van der Waals surface area contributed by atoms with Gasteiger partial charge in [0.15, 0.2) is 0 Å². The van der Waals surface area contributed by atoms with E-state index in [0.29, 0.717) is 18.5 Å². The number of nitrogens with zero attached hydrogens (tertiary/aromatic N) is 1. The Labute approximate surface area is 117 Å². The highest BCUT2D eigenvalue weighted by molar-refractivity contribution is 5.90. The fraction of sp³-hybridized carbons (Fsp3) is 0.333. The molecule has 0 saturated carbocycles. The molecule has 1 aliphatic heterocycles. The number of benzene rings is 1. The van der Waals surface area contributed by atoms with Crippen molar-refractivity contribution in [3.63, 3.8) is 0 Å². The van der Waals surface area contributed by atoms with E-state index in [0.717, 1.165) is 11.1 Å². The summed E-state index contributed by atoms with van der Waals surface area (Å²) in [5.41, 5.74) is 2.00. The Balaban J connectivity index is 1.91. The molecule has 1 aromatic rings. The monoisotopic (exact) mass is 275 g/mol. The van der Waals surface area contributed by atoms with E-state index in [2.05, 4.69) is 0 Å². The van der Waals surface area contributed by atoms with Gasteiger partial charge in [-0.3, -0.25) is 4.90 Å². The molecule has 0 aliphatic carbocycles. The number of ether oxygens (including phenoxy) is 1. The maximum atomic E-state index is 11.9. The van der Waals surface area contributed by atoms with Gasteiger partial charge < -0.3 is 9.84 Å². The van der Waals surface area contributed by atoms with Gasteiger partial charge in [-0.05, 0) is 17.6 Å². The Bertz CT molecular complexity index is 536. The second kappa shape index (κ2) is 6.23. The first-order valence-corrected chi connectivity index (χ1v) is 6.51. The van der Waals surface area contributed by atoms with Crippen LogP contribution in [-0.2, 0) is 16.1 Å². The molecule has 2 rings (SSSR count). The lowest BCUT2D eigenvalue weighted by molar-refractivity contribution is -0.132. The molecule has 1 aromatic carbocycles. The quantitative estimate of drug-likeness (QED) is 0.916. The van der Waals surface area contributed by atoms with Crippen molar-refractivity contribution >= 4 is 12.1 Å². The molecule has 0 radical (unpaired) electrons. The van der Waals surface area contributed by atoms with Gasteiger partial charge in [-0.1, -0.05) is 37.3 Å². The van der Waals surface area contributed by atoms with Crippen LogP contribution in [0.4, 0.5) is 4.79 Å². The van der Waals surface area contributed by atoms with E-state index in [-0.39, 0.29) is 13.2 Å². The summed E-state index contributed by atoms with van der Waals surface area (Å²) in [4.78, 5) is 24.4. The van der Waals surface area contributed by atoms with Crippen LogP contribution in [0.3, 0.4) is 0 Å². The number of hydrogen-bond donors (Lipinski definition) is 1. The minimum absolute atomic E-state index is 0.117. The molecule has 0 spiro atoms. The molecular weight excluding hydrogens is 258 g/mol. The number of carboxylic acids is 1. The van der Waals surface area contributed by atoms with Gasteiger partial charge >= 0.3 is 12.1 Å². The molecule has 5 nitrogen and oxygen atoms in total. The van der Waals surface area contributed by atoms with Gasteiger partial charge in [0.1, 0.15) is 6.61 Å². The molecule has 1 aliphatic rings. The Morgan fingerprint density at radius 3 is 2.50 bits per heavy atom. The molecule has 1 heterocycles. The summed E-state index contributed by atoms with van der Waals surface area (Å²) in [5, 5.41) is 9.09. The van der Waals surface area contributed by atoms with Crippen LogP contribution >= 0.6 is 0 Å². The molecule has 20 heavy (non-hydrogen) atoms. The fourth-order valence-electron chi connectivity index (χ4n) is 2.17. The van der Waals surface area contributed by atoms with Crippen LogP contribution in [-0.4, -0.2) is 35.2 Å². The summed E-state index contributed by atoms with van der Waals surface area (Å²) in [7, 11) is 0. The number of hydrogen-bond acceptors (Lipinski definition) is 3. The van der Waals surface area contributed by atoms with Crippen molar-refractivity contribution in [2.24, 2.45) is 0 Å². The number of amides is 1. The van der Waals surface area contributed by atoms with Crippen molar-refractivity contribution in [1.29, 1.82) is 0 Å². The Morgan fingerprint density at radius 2 is 1.95 bits per heavy atom. The molecule has 5 heteroatoms. The Morgan fingerprint density at radius 1 is 1.25 bits per heavy atom. The fourth-order valence-corrected chi connectivity index (χ4v) is 2.17. The van der Waals surface area contributed by atoms with E-state index in [1.807, 2.05) is 37.3 Å². The van der Waals surface area contributed by atoms with Crippen molar-refractivity contribution in [2.45, 2.75) is 20.0 Å². The van der Waals surface area contributed by atoms with Gasteiger partial charge in [0.25, 0.3) is 0 Å². The first kappa shape index (κ1) is 14.1. The van der Waals surface area contributed by atoms with E-state index in [4.69, 9.17) is 9.84 Å². The maximum Gasteiger partial charge on any atom is 0.410 e. The number of carbonyl (C=O) groups is 2. The largest absolute Gasteiger partial charge is 0.478 e. The van der Waals surface area contributed by atoms with Crippen LogP contribution in [0.25, 0.3) is 0 Å². The van der Waals surface area contributed by atoms with Crippen molar-refractivity contribution in [3.8, 4) is 0 Å². The second-order valence-corrected chi connectivity index (χ2v) is 4.64. The van der Waals surface area contributed by atoms with Gasteiger partial charge in [0.05, 0.1) is 12.1 Å². The molecule has 0 aromatic heterocycles. The van der Waals surface area contributed by atoms with Crippen molar-refractivity contribution in [1.82, 2.24) is 4.90 Å². The first-order chi connectivity index (χ1) is 9.61. The van der Waals surface area contributed by atoms with E-state index in [9.17, 15) is 9.59 Å². The standard InChI is InChI=1S/C15H17NO4/c1-2-12-8-16(9-13(12)14(17)18)15(19)20-10-11-6-4-3-5-7-11/h3-7H,2,8-10H2,1H3,(H,17,18). The molecular formula is C15H17NO4. The summed E-state index contributed by atoms with van der Waals surface area (Å²) in [6, 6.07) is 9.38. The molecule has 0 bridgehead atoms. The van der Waals surface area contributed by atoms with E-state index in [1.165, 1.54) is 4.90 Å². The molecule has 0 atom stereocenters. The molecule has 0 unspecified atom stereocenters. The third kappa shape index (κ3) is 3.17. The number of rotatable bonds is 4. The lowest BCUT2D eigenvalue weighted by Crippen LogP contribution is -2.30. The average molecular weight is 275 g/mol. The predicted molar refractivity (Wildman–Crippen MR) is 73.2 cm³/mol. The highest BCUT2D eigenvalue weighted by Crippen LogP contribution is 2.21. The number of aliphatic carboxylic acids is 1. The summed E-state index contributed by atoms with van der Waals surface area (Å²) < 4.78 is 5.20. The predicted octanol–water partition coefficient (Wildman–Crippen LogP) is 2.43. The lowest BCUT2D eigenvalue weighted by atomic mass is 10.1. The van der Waals surface area contributed by atoms with Gasteiger partial charge in [-0.15, -0.1) is 0 Å². The minimum Gasteiger partial charge on any atom is -0.478 e. The molecule has 1 N–H and O–H groups in total.